The number of hydrogen-bond acceptors (Lipinski definition) is 3. The van der Waals surface area contributed by atoms with E-state index >= 15 is 0 Å². The van der Waals surface area contributed by atoms with Crippen LogP contribution >= 0.6 is 0 Å². The van der Waals surface area contributed by atoms with Gasteiger partial charge in [0.2, 0.25) is 0 Å². The molecule has 3 nitrogen and oxygen atoms in total. The molecule has 0 amide bonds. The van der Waals surface area contributed by atoms with Crippen LogP contribution in [0.15, 0.2) is 49.2 Å². The van der Waals surface area contributed by atoms with Gasteiger partial charge in [-0.25, -0.2) is 4.39 Å². The summed E-state index contributed by atoms with van der Waals surface area (Å²) in [4.78, 5) is 4.24. The zero-order valence-corrected chi connectivity index (χ0v) is 10.5. The minimum Gasteiger partial charge on any atom is -0.398 e. The quantitative estimate of drug-likeness (QED) is 0.653. The highest BCUT2D eigenvalue weighted by molar-refractivity contribution is 5.76. The van der Waals surface area contributed by atoms with E-state index in [4.69, 9.17) is 11.5 Å². The summed E-state index contributed by atoms with van der Waals surface area (Å²) in [6.07, 6.45) is 4.08. The first-order valence-corrected chi connectivity index (χ1v) is 5.99. The second-order valence-electron chi connectivity index (χ2n) is 4.33. The number of anilines is 1. The van der Waals surface area contributed by atoms with Crippen LogP contribution in [0.1, 0.15) is 18.2 Å². The molecule has 1 aromatic carbocycles. The highest BCUT2D eigenvalue weighted by Gasteiger charge is 2.09. The lowest BCUT2D eigenvalue weighted by Gasteiger charge is -2.11. The zero-order valence-electron chi connectivity index (χ0n) is 10.5. The van der Waals surface area contributed by atoms with E-state index in [9.17, 15) is 4.39 Å². The van der Waals surface area contributed by atoms with E-state index in [0.717, 1.165) is 16.8 Å². The smallest absolute Gasteiger partial charge is 0.125 e. The molecule has 1 heterocycles. The van der Waals surface area contributed by atoms with Gasteiger partial charge >= 0.3 is 0 Å². The van der Waals surface area contributed by atoms with Crippen molar-refractivity contribution >= 4 is 5.69 Å². The second kappa shape index (κ2) is 5.63. The average Bonchev–Trinajstić information content (AvgIpc) is 2.39. The Hall–Kier alpha value is -2.20. The van der Waals surface area contributed by atoms with Gasteiger partial charge in [-0.2, -0.15) is 0 Å². The Labute approximate surface area is 111 Å². The van der Waals surface area contributed by atoms with Crippen LogP contribution in [0.3, 0.4) is 0 Å². The van der Waals surface area contributed by atoms with Crippen LogP contribution < -0.4 is 11.5 Å². The zero-order chi connectivity index (χ0) is 13.8. The van der Waals surface area contributed by atoms with Crippen molar-refractivity contribution in [2.24, 2.45) is 5.73 Å². The molecule has 0 radical (unpaired) electrons. The number of nitrogen functional groups attached to an aromatic ring is 1. The average molecular weight is 257 g/mol. The molecule has 0 aliphatic heterocycles. The molecule has 2 rings (SSSR count). The van der Waals surface area contributed by atoms with Gasteiger partial charge in [-0.1, -0.05) is 6.08 Å². The molecule has 0 fully saturated rings. The van der Waals surface area contributed by atoms with Crippen LogP contribution in [0.25, 0.3) is 11.1 Å². The van der Waals surface area contributed by atoms with Crippen molar-refractivity contribution in [1.29, 1.82) is 0 Å². The first kappa shape index (κ1) is 13.2. The van der Waals surface area contributed by atoms with E-state index in [1.165, 1.54) is 12.1 Å². The van der Waals surface area contributed by atoms with Crippen molar-refractivity contribution < 1.29 is 4.39 Å². The highest BCUT2D eigenvalue weighted by atomic mass is 19.1. The molecule has 0 unspecified atom stereocenters. The second-order valence-corrected chi connectivity index (χ2v) is 4.33. The van der Waals surface area contributed by atoms with Gasteiger partial charge in [-0.05, 0) is 42.3 Å². The fraction of sp³-hybridized carbons (Fsp3) is 0.133. The first-order valence-electron chi connectivity index (χ1n) is 5.99. The van der Waals surface area contributed by atoms with Crippen LogP contribution in [0.5, 0.6) is 0 Å². The summed E-state index contributed by atoms with van der Waals surface area (Å²) in [7, 11) is 0. The topological polar surface area (TPSA) is 64.9 Å². The lowest BCUT2D eigenvalue weighted by atomic mass is 10.0. The van der Waals surface area contributed by atoms with Crippen LogP contribution in [0.4, 0.5) is 10.1 Å². The lowest BCUT2D eigenvalue weighted by Crippen LogP contribution is -2.10. The maximum absolute atomic E-state index is 13.0. The molecule has 1 aromatic heterocycles. The van der Waals surface area contributed by atoms with Crippen molar-refractivity contribution in [3.63, 3.8) is 0 Å². The Balaban J connectivity index is 2.40. The maximum Gasteiger partial charge on any atom is 0.125 e. The predicted octanol–water partition coefficient (Wildman–Crippen LogP) is 3.05. The number of pyridine rings is 1. The van der Waals surface area contributed by atoms with Gasteiger partial charge in [0, 0.05) is 17.4 Å². The van der Waals surface area contributed by atoms with Crippen LogP contribution in [0.2, 0.25) is 0 Å². The predicted molar refractivity (Wildman–Crippen MR) is 75.8 cm³/mol. The standard InChI is InChI=1S/C15H16FN3/c1-2-3-13(17)15-8-10(6-7-19-15)12-5-4-11(16)9-14(12)18/h2,4-9,13H,1,3,17-18H2/t13-/m0/s1. The fourth-order valence-electron chi connectivity index (χ4n) is 1.92. The van der Waals surface area contributed by atoms with Gasteiger partial charge in [0.05, 0.1) is 11.7 Å². The Morgan fingerprint density at radius 2 is 2.11 bits per heavy atom. The van der Waals surface area contributed by atoms with Crippen molar-refractivity contribution in [1.82, 2.24) is 4.98 Å². The summed E-state index contributed by atoms with van der Waals surface area (Å²) in [6, 6.07) is 7.85. The number of hydrogen-bond donors (Lipinski definition) is 2. The number of rotatable bonds is 4. The number of nitrogens with two attached hydrogens (primary N) is 2. The minimum absolute atomic E-state index is 0.195. The van der Waals surface area contributed by atoms with Crippen LogP contribution in [0, 0.1) is 5.82 Å². The Bertz CT molecular complexity index is 596. The number of nitrogens with zero attached hydrogens (tertiary/aromatic N) is 1. The van der Waals surface area contributed by atoms with Gasteiger partial charge in [-0.3, -0.25) is 4.98 Å². The van der Waals surface area contributed by atoms with Crippen molar-refractivity contribution in [3.8, 4) is 11.1 Å². The maximum atomic E-state index is 13.0. The van der Waals surface area contributed by atoms with Crippen molar-refractivity contribution in [2.45, 2.75) is 12.5 Å². The van der Waals surface area contributed by atoms with Crippen molar-refractivity contribution in [2.75, 3.05) is 5.73 Å². The van der Waals surface area contributed by atoms with Gasteiger partial charge in [0.25, 0.3) is 0 Å². The normalized spacial score (nSPS) is 12.1. The van der Waals surface area contributed by atoms with E-state index < -0.39 is 0 Å². The lowest BCUT2D eigenvalue weighted by molar-refractivity contribution is 0.628. The van der Waals surface area contributed by atoms with Crippen LogP contribution in [-0.4, -0.2) is 4.98 Å². The number of aromatic nitrogens is 1. The molecule has 4 heteroatoms. The van der Waals surface area contributed by atoms with E-state index in [-0.39, 0.29) is 11.9 Å². The Morgan fingerprint density at radius 1 is 1.32 bits per heavy atom. The molecule has 0 aliphatic carbocycles. The van der Waals surface area contributed by atoms with Crippen LogP contribution in [-0.2, 0) is 0 Å². The molecule has 19 heavy (non-hydrogen) atoms. The van der Waals surface area contributed by atoms with E-state index in [2.05, 4.69) is 11.6 Å². The summed E-state index contributed by atoms with van der Waals surface area (Å²) in [5.74, 6) is -0.348. The summed E-state index contributed by atoms with van der Waals surface area (Å²) in [5.41, 5.74) is 14.6. The SMILES string of the molecule is C=CC[C@H](N)c1cc(-c2ccc(F)cc2N)ccn1. The molecule has 2 aromatic rings. The fourth-order valence-corrected chi connectivity index (χ4v) is 1.92. The summed E-state index contributed by atoms with van der Waals surface area (Å²) >= 11 is 0. The molecular weight excluding hydrogens is 241 g/mol. The van der Waals surface area contributed by atoms with Gasteiger partial charge in [0.15, 0.2) is 0 Å². The van der Waals surface area contributed by atoms with Gasteiger partial charge in [0.1, 0.15) is 5.82 Å². The number of benzene rings is 1. The first-order chi connectivity index (χ1) is 9.11. The van der Waals surface area contributed by atoms with E-state index in [1.54, 1.807) is 18.3 Å². The largest absolute Gasteiger partial charge is 0.398 e. The monoisotopic (exact) mass is 257 g/mol. The molecule has 1 atom stereocenters. The third-order valence-corrected chi connectivity index (χ3v) is 2.91. The molecule has 4 N–H and O–H groups in total. The molecule has 0 bridgehead atoms. The molecule has 98 valence electrons. The third kappa shape index (κ3) is 2.98. The molecular formula is C15H16FN3. The van der Waals surface area contributed by atoms with Crippen molar-refractivity contribution in [3.05, 3.63) is 60.7 Å². The highest BCUT2D eigenvalue weighted by Crippen LogP contribution is 2.27. The van der Waals surface area contributed by atoms with Gasteiger partial charge in [-0.15, -0.1) is 6.58 Å². The Kier molecular flexibility index (Phi) is 3.92. The van der Waals surface area contributed by atoms with Gasteiger partial charge < -0.3 is 11.5 Å². The van der Waals surface area contributed by atoms with E-state index in [1.807, 2.05) is 12.1 Å². The number of halogens is 1. The molecule has 0 saturated heterocycles. The molecule has 0 spiro atoms. The summed E-state index contributed by atoms with van der Waals surface area (Å²) in [5, 5.41) is 0. The minimum atomic E-state index is -0.348. The summed E-state index contributed by atoms with van der Waals surface area (Å²) in [6.45, 7) is 3.66. The third-order valence-electron chi connectivity index (χ3n) is 2.91. The van der Waals surface area contributed by atoms with E-state index in [0.29, 0.717) is 12.1 Å². The molecule has 0 saturated carbocycles. The molecule has 0 aliphatic rings. The summed E-state index contributed by atoms with van der Waals surface area (Å²) < 4.78 is 13.0. The Morgan fingerprint density at radius 3 is 2.79 bits per heavy atom.